The second-order valence-corrected chi connectivity index (χ2v) is 7.02. The van der Waals surface area contributed by atoms with Crippen LogP contribution in [0, 0.1) is 13.8 Å². The fraction of sp³-hybridized carbons (Fsp3) is 0.120. The predicted octanol–water partition coefficient (Wildman–Crippen LogP) is 5.93. The number of rotatable bonds is 6. The molecular formula is C25H22N2O3. The Hall–Kier alpha value is -3.86. The number of para-hydroxylation sites is 2. The zero-order chi connectivity index (χ0) is 20.9. The molecule has 1 aromatic heterocycles. The van der Waals surface area contributed by atoms with Gasteiger partial charge in [-0.25, -0.2) is 4.98 Å². The van der Waals surface area contributed by atoms with Gasteiger partial charge in [0.1, 0.15) is 11.5 Å². The van der Waals surface area contributed by atoms with Crippen LogP contribution in [-0.2, 0) is 11.2 Å². The van der Waals surface area contributed by atoms with Crippen LogP contribution >= 0.6 is 0 Å². The van der Waals surface area contributed by atoms with Crippen LogP contribution in [0.5, 0.6) is 11.5 Å². The Bertz CT molecular complexity index is 1150. The largest absolute Gasteiger partial charge is 0.455 e. The van der Waals surface area contributed by atoms with Gasteiger partial charge in [0.15, 0.2) is 5.75 Å². The molecule has 0 radical (unpaired) electrons. The molecular weight excluding hydrogens is 376 g/mol. The summed E-state index contributed by atoms with van der Waals surface area (Å²) in [5, 5.41) is 2.92. The van der Waals surface area contributed by atoms with Crippen molar-refractivity contribution in [3.05, 3.63) is 95.9 Å². The molecule has 3 aromatic carbocycles. The number of aryl methyl sites for hydroxylation is 2. The van der Waals surface area contributed by atoms with Crippen molar-refractivity contribution in [3.63, 3.8) is 0 Å². The predicted molar refractivity (Wildman–Crippen MR) is 117 cm³/mol. The normalized spacial score (nSPS) is 10.6. The van der Waals surface area contributed by atoms with Crippen molar-refractivity contribution in [2.75, 3.05) is 5.32 Å². The molecule has 5 heteroatoms. The third-order valence-corrected chi connectivity index (χ3v) is 4.65. The fourth-order valence-corrected chi connectivity index (χ4v) is 3.03. The van der Waals surface area contributed by atoms with E-state index in [1.54, 1.807) is 0 Å². The summed E-state index contributed by atoms with van der Waals surface area (Å²) in [6.45, 7) is 3.84. The van der Waals surface area contributed by atoms with Crippen LogP contribution in [0.15, 0.2) is 83.3 Å². The van der Waals surface area contributed by atoms with Crippen LogP contribution < -0.4 is 10.1 Å². The van der Waals surface area contributed by atoms with Gasteiger partial charge in [-0.05, 0) is 50.2 Å². The summed E-state index contributed by atoms with van der Waals surface area (Å²) in [5.41, 5.74) is 3.25. The van der Waals surface area contributed by atoms with Gasteiger partial charge >= 0.3 is 0 Å². The molecule has 0 bridgehead atoms. The molecule has 0 aliphatic carbocycles. The summed E-state index contributed by atoms with van der Waals surface area (Å²) in [6, 6.07) is 24.7. The molecule has 0 saturated carbocycles. The minimum atomic E-state index is -0.189. The van der Waals surface area contributed by atoms with E-state index >= 15 is 0 Å². The molecule has 30 heavy (non-hydrogen) atoms. The quantitative estimate of drug-likeness (QED) is 0.437. The number of ether oxygens (including phenoxy) is 1. The average Bonchev–Trinajstić information content (AvgIpc) is 3.12. The van der Waals surface area contributed by atoms with Gasteiger partial charge in [0.05, 0.1) is 17.8 Å². The Labute approximate surface area is 175 Å². The molecule has 1 N–H and O–H groups in total. The van der Waals surface area contributed by atoms with Crippen LogP contribution in [0.25, 0.3) is 11.5 Å². The smallest absolute Gasteiger partial charge is 0.230 e. The number of hydrogen-bond acceptors (Lipinski definition) is 4. The van der Waals surface area contributed by atoms with Gasteiger partial charge in [0, 0.05) is 5.56 Å². The Morgan fingerprint density at radius 3 is 2.40 bits per heavy atom. The first kappa shape index (κ1) is 19.5. The maximum Gasteiger partial charge on any atom is 0.230 e. The van der Waals surface area contributed by atoms with Crippen molar-refractivity contribution in [2.24, 2.45) is 0 Å². The summed E-state index contributed by atoms with van der Waals surface area (Å²) in [6.07, 6.45) is 0.112. The Morgan fingerprint density at radius 1 is 0.933 bits per heavy atom. The lowest BCUT2D eigenvalue weighted by molar-refractivity contribution is -0.115. The molecule has 0 aliphatic rings. The van der Waals surface area contributed by atoms with E-state index in [0.717, 1.165) is 11.1 Å². The van der Waals surface area contributed by atoms with Crippen molar-refractivity contribution in [2.45, 2.75) is 20.3 Å². The number of carbonyl (C=O) groups excluding carboxylic acids is 1. The third-order valence-electron chi connectivity index (χ3n) is 4.65. The van der Waals surface area contributed by atoms with Gasteiger partial charge in [-0.15, -0.1) is 0 Å². The minimum Gasteiger partial charge on any atom is -0.455 e. The van der Waals surface area contributed by atoms with Crippen molar-refractivity contribution in [3.8, 4) is 23.0 Å². The Morgan fingerprint density at radius 2 is 1.63 bits per heavy atom. The first-order chi connectivity index (χ1) is 14.6. The number of amides is 1. The van der Waals surface area contributed by atoms with E-state index in [2.05, 4.69) is 10.3 Å². The number of nitrogens with zero attached hydrogens (tertiary/aromatic N) is 1. The molecule has 4 aromatic rings. The summed E-state index contributed by atoms with van der Waals surface area (Å²) in [4.78, 5) is 17.2. The van der Waals surface area contributed by atoms with E-state index < -0.39 is 0 Å². The SMILES string of the molecule is Cc1ccc(Oc2ccccc2NC(=O)Cc2nc(-c3ccccc3)oc2C)cc1. The summed E-state index contributed by atoms with van der Waals surface area (Å²) in [5.74, 6) is 2.25. The minimum absolute atomic E-state index is 0.112. The molecule has 0 unspecified atom stereocenters. The zero-order valence-corrected chi connectivity index (χ0v) is 16.9. The third kappa shape index (κ3) is 4.58. The van der Waals surface area contributed by atoms with E-state index in [-0.39, 0.29) is 12.3 Å². The van der Waals surface area contributed by atoms with Gasteiger partial charge in [-0.1, -0.05) is 48.0 Å². The highest BCUT2D eigenvalue weighted by molar-refractivity contribution is 5.93. The molecule has 150 valence electrons. The van der Waals surface area contributed by atoms with E-state index in [4.69, 9.17) is 9.15 Å². The molecule has 4 rings (SSSR count). The van der Waals surface area contributed by atoms with Crippen LogP contribution in [0.4, 0.5) is 5.69 Å². The standard InChI is InChI=1S/C25H22N2O3/c1-17-12-14-20(15-13-17)30-23-11-7-6-10-21(23)26-24(28)16-22-18(2)29-25(27-22)19-8-4-3-5-9-19/h3-15H,16H2,1-2H3,(H,26,28). The van der Waals surface area contributed by atoms with Crippen LogP contribution in [0.3, 0.4) is 0 Å². The fourth-order valence-electron chi connectivity index (χ4n) is 3.03. The molecule has 0 fully saturated rings. The van der Waals surface area contributed by atoms with Crippen molar-refractivity contribution in [1.29, 1.82) is 0 Å². The van der Waals surface area contributed by atoms with E-state index in [1.807, 2.05) is 92.7 Å². The summed E-state index contributed by atoms with van der Waals surface area (Å²) >= 11 is 0. The zero-order valence-electron chi connectivity index (χ0n) is 16.9. The highest BCUT2D eigenvalue weighted by Crippen LogP contribution is 2.30. The lowest BCUT2D eigenvalue weighted by Gasteiger charge is -2.12. The number of oxazole rings is 1. The van der Waals surface area contributed by atoms with Gasteiger partial charge in [0.25, 0.3) is 0 Å². The maximum absolute atomic E-state index is 12.7. The summed E-state index contributed by atoms with van der Waals surface area (Å²) < 4.78 is 11.7. The monoisotopic (exact) mass is 398 g/mol. The molecule has 0 saturated heterocycles. The molecule has 0 spiro atoms. The second-order valence-electron chi connectivity index (χ2n) is 7.02. The van der Waals surface area contributed by atoms with Crippen molar-refractivity contribution < 1.29 is 13.9 Å². The van der Waals surface area contributed by atoms with Gasteiger partial charge in [-0.2, -0.15) is 0 Å². The van der Waals surface area contributed by atoms with Crippen molar-refractivity contribution in [1.82, 2.24) is 4.98 Å². The highest BCUT2D eigenvalue weighted by Gasteiger charge is 2.16. The average molecular weight is 398 g/mol. The lowest BCUT2D eigenvalue weighted by atomic mass is 10.2. The van der Waals surface area contributed by atoms with Gasteiger partial charge in [-0.3, -0.25) is 4.79 Å². The number of aromatic nitrogens is 1. The van der Waals surface area contributed by atoms with Crippen LogP contribution in [-0.4, -0.2) is 10.9 Å². The molecule has 0 atom stereocenters. The van der Waals surface area contributed by atoms with E-state index in [1.165, 1.54) is 0 Å². The number of anilines is 1. The first-order valence-corrected chi connectivity index (χ1v) is 9.73. The van der Waals surface area contributed by atoms with E-state index in [9.17, 15) is 4.79 Å². The Kier molecular flexibility index (Phi) is 5.61. The van der Waals surface area contributed by atoms with Crippen LogP contribution in [0.1, 0.15) is 17.0 Å². The maximum atomic E-state index is 12.7. The number of carbonyl (C=O) groups is 1. The van der Waals surface area contributed by atoms with Gasteiger partial charge < -0.3 is 14.5 Å². The molecule has 5 nitrogen and oxygen atoms in total. The molecule has 1 amide bonds. The molecule has 1 heterocycles. The van der Waals surface area contributed by atoms with Gasteiger partial charge in [0.2, 0.25) is 11.8 Å². The molecule has 0 aliphatic heterocycles. The van der Waals surface area contributed by atoms with E-state index in [0.29, 0.717) is 34.5 Å². The second kappa shape index (κ2) is 8.66. The lowest BCUT2D eigenvalue weighted by Crippen LogP contribution is -2.15. The van der Waals surface area contributed by atoms with Crippen LogP contribution in [0.2, 0.25) is 0 Å². The summed E-state index contributed by atoms with van der Waals surface area (Å²) in [7, 11) is 0. The van der Waals surface area contributed by atoms with Crippen molar-refractivity contribution >= 4 is 11.6 Å². The number of benzene rings is 3. The number of hydrogen-bond donors (Lipinski definition) is 1. The Balaban J connectivity index is 1.47. The topological polar surface area (TPSA) is 64.4 Å². The number of nitrogens with one attached hydrogen (secondary N) is 1. The first-order valence-electron chi connectivity index (χ1n) is 9.73. The highest BCUT2D eigenvalue weighted by atomic mass is 16.5.